The summed E-state index contributed by atoms with van der Waals surface area (Å²) >= 11 is 0. The number of hydrogen-bond donors (Lipinski definition) is 0. The molecule has 0 spiro atoms. The summed E-state index contributed by atoms with van der Waals surface area (Å²) in [6.07, 6.45) is 0.426. The number of methoxy groups -OCH3 is 1. The van der Waals surface area contributed by atoms with E-state index in [9.17, 15) is 0 Å². The maximum atomic E-state index is 4.82. The Kier molecular flexibility index (Phi) is 5.37. The highest BCUT2D eigenvalue weighted by Gasteiger charge is 2.21. The Bertz CT molecular complexity index is 252. The Morgan fingerprint density at radius 1 is 1.33 bits per heavy atom. The zero-order chi connectivity index (χ0) is 11.1. The van der Waals surface area contributed by atoms with Crippen molar-refractivity contribution in [1.82, 2.24) is 0 Å². The molecule has 1 aliphatic heterocycles. The fraction of sp³-hybridized carbons (Fsp3) is 0.538. The van der Waals surface area contributed by atoms with E-state index < -0.39 is 0 Å². The van der Waals surface area contributed by atoms with Crippen LogP contribution in [0.15, 0.2) is 30.3 Å². The normalized spacial score (nSPS) is 18.3. The summed E-state index contributed by atoms with van der Waals surface area (Å²) in [6, 6.07) is 10.5. The maximum absolute atomic E-state index is 4.82. The molecule has 2 rings (SSSR count). The monoisotopic (exact) mass is 208 g/mol. The molecule has 84 valence electrons. The quantitative estimate of drug-likeness (QED) is 0.712. The summed E-state index contributed by atoms with van der Waals surface area (Å²) in [5.41, 5.74) is 1.41. The molecular formula is C13H20O2. The predicted molar refractivity (Wildman–Crippen MR) is 62.1 cm³/mol. The van der Waals surface area contributed by atoms with Gasteiger partial charge in [-0.15, -0.1) is 0 Å². The largest absolute Gasteiger partial charge is 0.382 e. The molecule has 2 nitrogen and oxygen atoms in total. The summed E-state index contributed by atoms with van der Waals surface area (Å²) in [5.74, 6) is 0.659. The van der Waals surface area contributed by atoms with Gasteiger partial charge in [0.1, 0.15) is 6.10 Å². The van der Waals surface area contributed by atoms with Crippen molar-refractivity contribution in [2.75, 3.05) is 20.3 Å². The van der Waals surface area contributed by atoms with Gasteiger partial charge in [0.05, 0.1) is 13.2 Å². The van der Waals surface area contributed by atoms with Crippen LogP contribution >= 0.6 is 0 Å². The average Bonchev–Trinajstić information content (AvgIpc) is 3.05. The lowest BCUT2D eigenvalue weighted by atomic mass is 10.0. The van der Waals surface area contributed by atoms with Crippen LogP contribution in [0.3, 0.4) is 0 Å². The number of benzene rings is 1. The smallest absolute Gasteiger partial charge is 0.104 e. The molecule has 1 aromatic rings. The Labute approximate surface area is 92.2 Å². The van der Waals surface area contributed by atoms with Crippen molar-refractivity contribution in [3.05, 3.63) is 35.9 Å². The summed E-state index contributed by atoms with van der Waals surface area (Å²) in [4.78, 5) is 0. The van der Waals surface area contributed by atoms with Gasteiger partial charge in [-0.05, 0) is 11.5 Å². The van der Waals surface area contributed by atoms with Crippen molar-refractivity contribution in [3.8, 4) is 0 Å². The standard InChI is InChI=1S/C9H12.C4H8O2/c1-8(2)9-6-4-3-5-7-9;1-5-2-4-3-6-4/h3-8H,1-2H3;4H,2-3H2,1H3. The molecule has 0 radical (unpaired) electrons. The Morgan fingerprint density at radius 3 is 2.20 bits per heavy atom. The Hall–Kier alpha value is -0.860. The average molecular weight is 208 g/mol. The first-order valence-corrected chi connectivity index (χ1v) is 5.39. The first-order chi connectivity index (χ1) is 7.24. The molecule has 0 aliphatic carbocycles. The molecule has 0 bridgehead atoms. The third kappa shape index (κ3) is 5.55. The van der Waals surface area contributed by atoms with E-state index in [2.05, 4.69) is 38.1 Å². The molecule has 0 aromatic heterocycles. The maximum Gasteiger partial charge on any atom is 0.104 e. The summed E-state index contributed by atoms with van der Waals surface area (Å²) in [7, 11) is 1.68. The molecule has 0 saturated carbocycles. The molecule has 1 atom stereocenters. The topological polar surface area (TPSA) is 21.8 Å². The minimum atomic E-state index is 0.426. The molecule has 1 aliphatic rings. The van der Waals surface area contributed by atoms with Gasteiger partial charge in [0.25, 0.3) is 0 Å². The predicted octanol–water partition coefficient (Wildman–Crippen LogP) is 2.84. The lowest BCUT2D eigenvalue weighted by Crippen LogP contribution is -1.94. The van der Waals surface area contributed by atoms with Crippen molar-refractivity contribution < 1.29 is 9.47 Å². The molecule has 1 aromatic carbocycles. The van der Waals surface area contributed by atoms with Crippen molar-refractivity contribution >= 4 is 0 Å². The van der Waals surface area contributed by atoms with Crippen LogP contribution in [0.25, 0.3) is 0 Å². The van der Waals surface area contributed by atoms with Gasteiger partial charge < -0.3 is 9.47 Å². The van der Waals surface area contributed by atoms with Gasteiger partial charge in [0.2, 0.25) is 0 Å². The lowest BCUT2D eigenvalue weighted by molar-refractivity contribution is 0.171. The van der Waals surface area contributed by atoms with Gasteiger partial charge in [-0.1, -0.05) is 44.2 Å². The molecule has 1 fully saturated rings. The molecule has 0 N–H and O–H groups in total. The molecule has 2 heteroatoms. The fourth-order valence-corrected chi connectivity index (χ4v) is 1.19. The third-order valence-corrected chi connectivity index (χ3v) is 2.22. The van der Waals surface area contributed by atoms with Crippen LogP contribution < -0.4 is 0 Å². The Balaban J connectivity index is 0.000000162. The molecule has 1 heterocycles. The van der Waals surface area contributed by atoms with Crippen LogP contribution in [0.1, 0.15) is 25.3 Å². The second kappa shape index (κ2) is 6.59. The van der Waals surface area contributed by atoms with Crippen LogP contribution in [0, 0.1) is 0 Å². The minimum Gasteiger partial charge on any atom is -0.382 e. The van der Waals surface area contributed by atoms with E-state index in [4.69, 9.17) is 9.47 Å². The van der Waals surface area contributed by atoms with Gasteiger partial charge in [-0.3, -0.25) is 0 Å². The zero-order valence-electron chi connectivity index (χ0n) is 9.77. The van der Waals surface area contributed by atoms with Gasteiger partial charge >= 0.3 is 0 Å². The number of hydrogen-bond acceptors (Lipinski definition) is 2. The summed E-state index contributed by atoms with van der Waals surface area (Å²) in [6.45, 7) is 6.07. The van der Waals surface area contributed by atoms with Crippen LogP contribution in [0.4, 0.5) is 0 Å². The van der Waals surface area contributed by atoms with Gasteiger partial charge in [-0.2, -0.15) is 0 Å². The van der Waals surface area contributed by atoms with Crippen LogP contribution in [-0.2, 0) is 9.47 Å². The number of epoxide rings is 1. The van der Waals surface area contributed by atoms with Crippen LogP contribution in [-0.4, -0.2) is 26.4 Å². The molecule has 15 heavy (non-hydrogen) atoms. The second-order valence-corrected chi connectivity index (χ2v) is 3.98. The first-order valence-electron chi connectivity index (χ1n) is 5.39. The van der Waals surface area contributed by atoms with Gasteiger partial charge in [-0.25, -0.2) is 0 Å². The van der Waals surface area contributed by atoms with E-state index in [0.29, 0.717) is 12.0 Å². The minimum absolute atomic E-state index is 0.426. The molecule has 1 unspecified atom stereocenters. The van der Waals surface area contributed by atoms with Crippen LogP contribution in [0.2, 0.25) is 0 Å². The van der Waals surface area contributed by atoms with Gasteiger partial charge in [0.15, 0.2) is 0 Å². The molecule has 0 amide bonds. The lowest BCUT2D eigenvalue weighted by Gasteiger charge is -2.01. The Morgan fingerprint density at radius 2 is 1.93 bits per heavy atom. The number of ether oxygens (including phenoxy) is 2. The highest BCUT2D eigenvalue weighted by atomic mass is 16.6. The molecule has 1 saturated heterocycles. The van der Waals surface area contributed by atoms with E-state index in [1.54, 1.807) is 7.11 Å². The summed E-state index contributed by atoms with van der Waals surface area (Å²) in [5, 5.41) is 0. The van der Waals surface area contributed by atoms with E-state index in [1.165, 1.54) is 5.56 Å². The van der Waals surface area contributed by atoms with E-state index in [-0.39, 0.29) is 0 Å². The third-order valence-electron chi connectivity index (χ3n) is 2.22. The van der Waals surface area contributed by atoms with Crippen molar-refractivity contribution in [3.63, 3.8) is 0 Å². The number of rotatable bonds is 3. The first kappa shape index (κ1) is 12.2. The zero-order valence-corrected chi connectivity index (χ0v) is 9.77. The van der Waals surface area contributed by atoms with E-state index in [1.807, 2.05) is 6.07 Å². The van der Waals surface area contributed by atoms with Gasteiger partial charge in [0, 0.05) is 7.11 Å². The highest BCUT2D eigenvalue weighted by Crippen LogP contribution is 2.11. The second-order valence-electron chi connectivity index (χ2n) is 3.98. The SMILES string of the molecule is CC(C)c1ccccc1.COCC1CO1. The van der Waals surface area contributed by atoms with E-state index >= 15 is 0 Å². The van der Waals surface area contributed by atoms with E-state index in [0.717, 1.165) is 13.2 Å². The van der Waals surface area contributed by atoms with Crippen LogP contribution in [0.5, 0.6) is 0 Å². The molecular weight excluding hydrogens is 188 g/mol. The van der Waals surface area contributed by atoms with Crippen molar-refractivity contribution in [2.24, 2.45) is 0 Å². The van der Waals surface area contributed by atoms with Crippen molar-refractivity contribution in [2.45, 2.75) is 25.9 Å². The van der Waals surface area contributed by atoms with Crippen molar-refractivity contribution in [1.29, 1.82) is 0 Å². The highest BCUT2D eigenvalue weighted by molar-refractivity contribution is 5.17. The summed E-state index contributed by atoms with van der Waals surface area (Å²) < 4.78 is 9.56. The fourth-order valence-electron chi connectivity index (χ4n) is 1.19.